The molecule has 8 heteroatoms. The summed E-state index contributed by atoms with van der Waals surface area (Å²) < 4.78 is 0. The summed E-state index contributed by atoms with van der Waals surface area (Å²) in [4.78, 5) is 25.0. The maximum Gasteiger partial charge on any atom is 0.231 e. The van der Waals surface area contributed by atoms with Gasteiger partial charge in [-0.05, 0) is 0 Å². The van der Waals surface area contributed by atoms with Gasteiger partial charge in [0.2, 0.25) is 18.2 Å². The van der Waals surface area contributed by atoms with Crippen molar-refractivity contribution in [3.8, 4) is 0 Å². The summed E-state index contributed by atoms with van der Waals surface area (Å²) in [6, 6.07) is 24.0. The fraction of sp³-hybridized carbons (Fsp3) is 0.118. The lowest BCUT2D eigenvalue weighted by molar-refractivity contribution is 0.399. The summed E-state index contributed by atoms with van der Waals surface area (Å²) in [5, 5.41) is 30.2. The molecule has 0 heterocycles. The van der Waals surface area contributed by atoms with Crippen LogP contribution in [0.5, 0.6) is 0 Å². The second-order valence-electron chi connectivity index (χ2n) is 2.62. The van der Waals surface area contributed by atoms with Crippen molar-refractivity contribution in [1.29, 1.82) is 16.2 Å². The number of aliphatic hydroxyl groups is 2. The summed E-state index contributed by atoms with van der Waals surface area (Å²) >= 11 is 0. The van der Waals surface area contributed by atoms with Crippen LogP contribution in [-0.4, -0.2) is 42.7 Å². The molecule has 2 rings (SSSR count). The Labute approximate surface area is 146 Å². The zero-order valence-electron chi connectivity index (χ0n) is 14.0. The molecule has 2 aromatic rings. The van der Waals surface area contributed by atoms with Crippen molar-refractivity contribution in [1.82, 2.24) is 0 Å². The molecule has 0 saturated heterocycles. The van der Waals surface area contributed by atoms with E-state index in [0.29, 0.717) is 0 Å². The third-order valence-corrected chi connectivity index (χ3v) is 1.33. The maximum atomic E-state index is 8.35. The minimum Gasteiger partial charge on any atom is -0.400 e. The van der Waals surface area contributed by atoms with Gasteiger partial charge in [-0.15, -0.1) is 0 Å². The van der Waals surface area contributed by atoms with Gasteiger partial charge in [0.05, 0.1) is 0 Å². The van der Waals surface area contributed by atoms with E-state index in [9.17, 15) is 0 Å². The first-order chi connectivity index (χ1) is 12.2. The molecule has 0 aliphatic heterocycles. The highest BCUT2D eigenvalue weighted by molar-refractivity contribution is 5.26. The molecule has 0 aliphatic rings. The zero-order valence-corrected chi connectivity index (χ0v) is 14.0. The molecule has 0 unspecified atom stereocenters. The van der Waals surface area contributed by atoms with Crippen molar-refractivity contribution in [2.75, 3.05) is 14.2 Å². The summed E-state index contributed by atoms with van der Waals surface area (Å²) in [6.45, 7) is 0. The number of hydrogen-bond donors (Lipinski definition) is 5. The van der Waals surface area contributed by atoms with Crippen molar-refractivity contribution in [3.05, 3.63) is 72.8 Å². The zero-order chi connectivity index (χ0) is 20.6. The molecule has 0 aliphatic carbocycles. The molecular weight excluding hydrogens is 326 g/mol. The maximum absolute atomic E-state index is 8.35. The topological polar surface area (TPSA) is 163 Å². The van der Waals surface area contributed by atoms with Gasteiger partial charge in [0.25, 0.3) is 0 Å². The number of isocyanates is 3. The predicted molar refractivity (Wildman–Crippen MR) is 94.4 cm³/mol. The molecule has 0 amide bonds. The summed E-state index contributed by atoms with van der Waals surface area (Å²) in [5.74, 6) is 0. The molecule has 0 spiro atoms. The van der Waals surface area contributed by atoms with Crippen LogP contribution in [0.15, 0.2) is 72.8 Å². The SMILES string of the molecule is CO.CO.N=C=O.N=C=O.N=C=O.c1ccccc1.c1ccccc1. The molecule has 0 radical (unpaired) electrons. The summed E-state index contributed by atoms with van der Waals surface area (Å²) in [5.41, 5.74) is 0. The van der Waals surface area contributed by atoms with Gasteiger partial charge in [-0.2, -0.15) is 0 Å². The van der Waals surface area contributed by atoms with Gasteiger partial charge in [-0.3, -0.25) is 0 Å². The van der Waals surface area contributed by atoms with Crippen LogP contribution in [0.4, 0.5) is 0 Å². The first kappa shape index (κ1) is 33.2. The molecule has 25 heavy (non-hydrogen) atoms. The van der Waals surface area contributed by atoms with E-state index in [-0.39, 0.29) is 0 Å². The summed E-state index contributed by atoms with van der Waals surface area (Å²) in [6.07, 6.45) is 2.25. The number of hydrogen-bond acceptors (Lipinski definition) is 8. The predicted octanol–water partition coefficient (Wildman–Crippen LogP) is 2.29. The lowest BCUT2D eigenvalue weighted by Gasteiger charge is -1.69. The third-order valence-electron chi connectivity index (χ3n) is 1.33. The average Bonchev–Trinajstić information content (AvgIpc) is 2.70. The average molecular weight is 349 g/mol. The van der Waals surface area contributed by atoms with Crippen molar-refractivity contribution in [2.45, 2.75) is 0 Å². The summed E-state index contributed by atoms with van der Waals surface area (Å²) in [7, 11) is 2.00. The molecular formula is C17H23N3O5. The molecule has 2 aromatic carbocycles. The van der Waals surface area contributed by atoms with Gasteiger partial charge in [-0.1, -0.05) is 72.8 Å². The Morgan fingerprint density at radius 1 is 0.440 bits per heavy atom. The highest BCUT2D eigenvalue weighted by Gasteiger charge is 1.58. The molecule has 0 bridgehead atoms. The smallest absolute Gasteiger partial charge is 0.231 e. The van der Waals surface area contributed by atoms with Gasteiger partial charge in [0, 0.05) is 14.2 Å². The van der Waals surface area contributed by atoms with E-state index >= 15 is 0 Å². The number of aliphatic hydroxyl groups excluding tert-OH is 2. The number of benzene rings is 2. The quantitative estimate of drug-likeness (QED) is 0.363. The molecule has 8 nitrogen and oxygen atoms in total. The number of rotatable bonds is 0. The van der Waals surface area contributed by atoms with E-state index in [4.69, 9.17) is 40.8 Å². The van der Waals surface area contributed by atoms with Crippen LogP contribution < -0.4 is 0 Å². The Balaban J connectivity index is -0.0000000661. The largest absolute Gasteiger partial charge is 0.400 e. The Kier molecular flexibility index (Phi) is 78.2. The first-order valence-corrected chi connectivity index (χ1v) is 6.26. The molecule has 5 N–H and O–H groups in total. The molecule has 0 saturated carbocycles. The number of nitrogens with one attached hydrogen (secondary N) is 3. The van der Waals surface area contributed by atoms with Gasteiger partial charge in [0.15, 0.2) is 0 Å². The Morgan fingerprint density at radius 2 is 0.480 bits per heavy atom. The Hall–Kier alpha value is -3.50. The highest BCUT2D eigenvalue weighted by atomic mass is 16.2. The lowest BCUT2D eigenvalue weighted by Crippen LogP contribution is -1.47. The molecule has 136 valence electrons. The van der Waals surface area contributed by atoms with Crippen molar-refractivity contribution in [2.24, 2.45) is 0 Å². The number of carbonyl (C=O) groups excluding carboxylic acids is 3. The molecule has 0 fully saturated rings. The van der Waals surface area contributed by atoms with Gasteiger partial charge >= 0.3 is 0 Å². The van der Waals surface area contributed by atoms with Gasteiger partial charge in [0.1, 0.15) is 0 Å². The monoisotopic (exact) mass is 349 g/mol. The van der Waals surface area contributed by atoms with Gasteiger partial charge in [-0.25, -0.2) is 30.6 Å². The van der Waals surface area contributed by atoms with Crippen LogP contribution in [-0.2, 0) is 14.4 Å². The van der Waals surface area contributed by atoms with Crippen molar-refractivity contribution >= 4 is 18.2 Å². The van der Waals surface area contributed by atoms with Crippen LogP contribution >= 0.6 is 0 Å². The minimum atomic E-state index is 0.750. The lowest BCUT2D eigenvalue weighted by atomic mass is 10.4. The van der Waals surface area contributed by atoms with E-state index in [1.807, 2.05) is 72.8 Å². The van der Waals surface area contributed by atoms with Crippen LogP contribution in [0, 0.1) is 16.2 Å². The Bertz CT molecular complexity index is 391. The van der Waals surface area contributed by atoms with Crippen LogP contribution in [0.3, 0.4) is 0 Å². The normalized spacial score (nSPS) is 5.28. The standard InChI is InChI=1S/2C6H6.3CHNO.2CH4O/c2*1-2-4-6-5-3-1;3*2-1-3;2*1-2/h2*1-6H;3*2H;2*2H,1H3. The highest BCUT2D eigenvalue weighted by Crippen LogP contribution is 1.80. The second kappa shape index (κ2) is 58.9. The second-order valence-corrected chi connectivity index (χ2v) is 2.62. The molecule has 0 aromatic heterocycles. The van der Waals surface area contributed by atoms with Crippen LogP contribution in [0.25, 0.3) is 0 Å². The van der Waals surface area contributed by atoms with Gasteiger partial charge < -0.3 is 10.2 Å². The van der Waals surface area contributed by atoms with Crippen molar-refractivity contribution < 1.29 is 24.6 Å². The third kappa shape index (κ3) is 97.1. The van der Waals surface area contributed by atoms with Crippen LogP contribution in [0.2, 0.25) is 0 Å². The van der Waals surface area contributed by atoms with Crippen LogP contribution in [0.1, 0.15) is 0 Å². The first-order valence-electron chi connectivity index (χ1n) is 6.26. The molecule has 0 atom stereocenters. The minimum absolute atomic E-state index is 0.750. The van der Waals surface area contributed by atoms with E-state index in [1.54, 1.807) is 0 Å². The fourth-order valence-electron chi connectivity index (χ4n) is 0.770. The van der Waals surface area contributed by atoms with E-state index in [0.717, 1.165) is 32.5 Å². The van der Waals surface area contributed by atoms with E-state index < -0.39 is 0 Å². The van der Waals surface area contributed by atoms with Crippen molar-refractivity contribution in [3.63, 3.8) is 0 Å². The fourth-order valence-corrected chi connectivity index (χ4v) is 0.770. The Morgan fingerprint density at radius 3 is 0.520 bits per heavy atom. The van der Waals surface area contributed by atoms with E-state index in [2.05, 4.69) is 0 Å². The van der Waals surface area contributed by atoms with E-state index in [1.165, 1.54) is 0 Å².